The first kappa shape index (κ1) is 18.2. The number of amides is 1. The van der Waals surface area contributed by atoms with Crippen molar-refractivity contribution >= 4 is 39.8 Å². The molecule has 0 aliphatic heterocycles. The zero-order valence-electron chi connectivity index (χ0n) is 14.1. The number of carbonyl (C=O) groups is 1. The van der Waals surface area contributed by atoms with E-state index in [2.05, 4.69) is 20.8 Å². The van der Waals surface area contributed by atoms with Crippen LogP contribution >= 0.6 is 23.1 Å². The molecule has 0 fully saturated rings. The monoisotopic (exact) mass is 386 g/mol. The molecule has 3 aromatic rings. The predicted octanol–water partition coefficient (Wildman–Crippen LogP) is 3.89. The summed E-state index contributed by atoms with van der Waals surface area (Å²) in [6.07, 6.45) is 0. The van der Waals surface area contributed by atoms with Crippen LogP contribution in [0.25, 0.3) is 0 Å². The molecule has 0 aliphatic carbocycles. The fourth-order valence-electron chi connectivity index (χ4n) is 2.17. The SMILES string of the molecule is COc1ccccc1NC(=O)CSc1nnc(NCc2ccccc2)s1. The summed E-state index contributed by atoms with van der Waals surface area (Å²) in [5.41, 5.74) is 1.83. The molecule has 0 aliphatic rings. The summed E-state index contributed by atoms with van der Waals surface area (Å²) in [5, 5.41) is 15.0. The lowest BCUT2D eigenvalue weighted by atomic mass is 10.2. The lowest BCUT2D eigenvalue weighted by molar-refractivity contribution is -0.113. The molecular formula is C18H18N4O2S2. The molecule has 2 aromatic carbocycles. The van der Waals surface area contributed by atoms with E-state index in [0.717, 1.165) is 9.47 Å². The van der Waals surface area contributed by atoms with Gasteiger partial charge in [-0.05, 0) is 17.7 Å². The topological polar surface area (TPSA) is 76.1 Å². The number of benzene rings is 2. The summed E-state index contributed by atoms with van der Waals surface area (Å²) in [6.45, 7) is 0.689. The van der Waals surface area contributed by atoms with Crippen molar-refractivity contribution in [2.24, 2.45) is 0 Å². The second-order valence-corrected chi connectivity index (χ2v) is 7.45. The zero-order valence-corrected chi connectivity index (χ0v) is 15.8. The Morgan fingerprint density at radius 3 is 2.69 bits per heavy atom. The number of rotatable bonds is 8. The number of hydrogen-bond acceptors (Lipinski definition) is 7. The van der Waals surface area contributed by atoms with Crippen LogP contribution in [0.2, 0.25) is 0 Å². The quantitative estimate of drug-likeness (QED) is 0.572. The van der Waals surface area contributed by atoms with Gasteiger partial charge in [-0.3, -0.25) is 4.79 Å². The first-order chi connectivity index (χ1) is 12.7. The fourth-order valence-corrected chi connectivity index (χ4v) is 3.72. The Hall–Kier alpha value is -2.58. The molecule has 8 heteroatoms. The maximum atomic E-state index is 12.1. The van der Waals surface area contributed by atoms with Crippen molar-refractivity contribution in [3.05, 3.63) is 60.2 Å². The van der Waals surface area contributed by atoms with E-state index < -0.39 is 0 Å². The van der Waals surface area contributed by atoms with Crippen molar-refractivity contribution in [3.8, 4) is 5.75 Å². The Morgan fingerprint density at radius 1 is 1.12 bits per heavy atom. The Morgan fingerprint density at radius 2 is 1.88 bits per heavy atom. The van der Waals surface area contributed by atoms with Crippen LogP contribution in [-0.2, 0) is 11.3 Å². The van der Waals surface area contributed by atoms with E-state index in [1.165, 1.54) is 28.7 Å². The highest BCUT2D eigenvalue weighted by atomic mass is 32.2. The minimum absolute atomic E-state index is 0.117. The van der Waals surface area contributed by atoms with E-state index in [-0.39, 0.29) is 11.7 Å². The van der Waals surface area contributed by atoms with Crippen molar-refractivity contribution < 1.29 is 9.53 Å². The van der Waals surface area contributed by atoms with E-state index in [9.17, 15) is 4.79 Å². The Labute approximate surface area is 160 Å². The maximum absolute atomic E-state index is 12.1. The molecule has 0 saturated carbocycles. The maximum Gasteiger partial charge on any atom is 0.234 e. The number of thioether (sulfide) groups is 1. The van der Waals surface area contributed by atoms with Gasteiger partial charge < -0.3 is 15.4 Å². The summed E-state index contributed by atoms with van der Waals surface area (Å²) in [5.74, 6) is 0.772. The van der Waals surface area contributed by atoms with Crippen molar-refractivity contribution in [2.75, 3.05) is 23.5 Å². The van der Waals surface area contributed by atoms with Gasteiger partial charge >= 0.3 is 0 Å². The highest BCUT2D eigenvalue weighted by molar-refractivity contribution is 8.01. The van der Waals surface area contributed by atoms with Crippen LogP contribution in [0.4, 0.5) is 10.8 Å². The third-order valence-corrected chi connectivity index (χ3v) is 5.42. The van der Waals surface area contributed by atoms with Crippen molar-refractivity contribution in [1.29, 1.82) is 0 Å². The molecule has 1 amide bonds. The number of nitrogens with one attached hydrogen (secondary N) is 2. The zero-order chi connectivity index (χ0) is 18.2. The minimum Gasteiger partial charge on any atom is -0.495 e. The van der Waals surface area contributed by atoms with Crippen molar-refractivity contribution in [2.45, 2.75) is 10.9 Å². The summed E-state index contributed by atoms with van der Waals surface area (Å²) >= 11 is 2.79. The molecule has 0 atom stereocenters. The number of nitrogens with zero attached hydrogens (tertiary/aromatic N) is 2. The Bertz CT molecular complexity index is 855. The van der Waals surface area contributed by atoms with E-state index in [1.54, 1.807) is 19.2 Å². The van der Waals surface area contributed by atoms with E-state index in [4.69, 9.17) is 4.74 Å². The van der Waals surface area contributed by atoms with Gasteiger partial charge in [0.1, 0.15) is 5.75 Å². The van der Waals surface area contributed by atoms with Crippen LogP contribution in [0.5, 0.6) is 5.75 Å². The third kappa shape index (κ3) is 5.21. The van der Waals surface area contributed by atoms with Crippen molar-refractivity contribution in [1.82, 2.24) is 10.2 Å². The average Bonchev–Trinajstić information content (AvgIpc) is 3.14. The number of para-hydroxylation sites is 2. The summed E-state index contributed by atoms with van der Waals surface area (Å²) in [4.78, 5) is 12.1. The van der Waals surface area contributed by atoms with Gasteiger partial charge in [0.25, 0.3) is 0 Å². The fraction of sp³-hybridized carbons (Fsp3) is 0.167. The molecule has 0 unspecified atom stereocenters. The standard InChI is InChI=1S/C18H18N4O2S2/c1-24-15-10-6-5-9-14(15)20-16(23)12-25-18-22-21-17(26-18)19-11-13-7-3-2-4-8-13/h2-10H,11-12H2,1H3,(H,19,21)(H,20,23). The summed E-state index contributed by atoms with van der Waals surface area (Å²) in [7, 11) is 1.57. The molecule has 1 aromatic heterocycles. The second-order valence-electron chi connectivity index (χ2n) is 5.25. The number of ether oxygens (including phenoxy) is 1. The third-order valence-electron chi connectivity index (χ3n) is 3.40. The van der Waals surface area contributed by atoms with E-state index >= 15 is 0 Å². The van der Waals surface area contributed by atoms with E-state index in [0.29, 0.717) is 18.0 Å². The molecular weight excluding hydrogens is 368 g/mol. The minimum atomic E-state index is -0.117. The highest BCUT2D eigenvalue weighted by Gasteiger charge is 2.10. The Balaban J connectivity index is 1.47. The summed E-state index contributed by atoms with van der Waals surface area (Å²) in [6, 6.07) is 17.4. The van der Waals surface area contributed by atoms with Gasteiger partial charge in [-0.25, -0.2) is 0 Å². The number of methoxy groups -OCH3 is 1. The Kier molecular flexibility index (Phi) is 6.45. The van der Waals surface area contributed by atoms with Crippen LogP contribution in [0.15, 0.2) is 58.9 Å². The number of carbonyl (C=O) groups excluding carboxylic acids is 1. The van der Waals surface area contributed by atoms with Gasteiger partial charge in [-0.15, -0.1) is 10.2 Å². The van der Waals surface area contributed by atoms with Crippen LogP contribution in [-0.4, -0.2) is 29.0 Å². The molecule has 134 valence electrons. The normalized spacial score (nSPS) is 10.3. The van der Waals surface area contributed by atoms with Gasteiger partial charge in [0.15, 0.2) is 4.34 Å². The first-order valence-corrected chi connectivity index (χ1v) is 9.72. The summed E-state index contributed by atoms with van der Waals surface area (Å²) < 4.78 is 5.97. The molecule has 3 rings (SSSR count). The van der Waals surface area contributed by atoms with Crippen LogP contribution in [0.3, 0.4) is 0 Å². The van der Waals surface area contributed by atoms with E-state index in [1.807, 2.05) is 42.5 Å². The molecule has 6 nitrogen and oxygen atoms in total. The largest absolute Gasteiger partial charge is 0.495 e. The lowest BCUT2D eigenvalue weighted by Crippen LogP contribution is -2.14. The molecule has 0 saturated heterocycles. The molecule has 26 heavy (non-hydrogen) atoms. The molecule has 0 spiro atoms. The van der Waals surface area contributed by atoms with Gasteiger partial charge in [0.2, 0.25) is 11.0 Å². The lowest BCUT2D eigenvalue weighted by Gasteiger charge is -2.08. The van der Waals surface area contributed by atoms with Crippen molar-refractivity contribution in [3.63, 3.8) is 0 Å². The highest BCUT2D eigenvalue weighted by Crippen LogP contribution is 2.27. The molecule has 1 heterocycles. The number of aromatic nitrogens is 2. The van der Waals surface area contributed by atoms with Gasteiger partial charge in [-0.1, -0.05) is 65.6 Å². The first-order valence-electron chi connectivity index (χ1n) is 7.91. The second kappa shape index (κ2) is 9.21. The number of hydrogen-bond donors (Lipinski definition) is 2. The smallest absolute Gasteiger partial charge is 0.234 e. The van der Waals surface area contributed by atoms with Gasteiger partial charge in [0.05, 0.1) is 18.6 Å². The van der Waals surface area contributed by atoms with Crippen LogP contribution in [0.1, 0.15) is 5.56 Å². The molecule has 0 radical (unpaired) electrons. The molecule has 2 N–H and O–H groups in total. The number of anilines is 2. The predicted molar refractivity (Wildman–Crippen MR) is 106 cm³/mol. The van der Waals surface area contributed by atoms with Crippen LogP contribution in [0, 0.1) is 0 Å². The van der Waals surface area contributed by atoms with Crippen LogP contribution < -0.4 is 15.4 Å². The average molecular weight is 387 g/mol. The van der Waals surface area contributed by atoms with Gasteiger partial charge in [0, 0.05) is 6.54 Å². The molecule has 0 bridgehead atoms. The van der Waals surface area contributed by atoms with Gasteiger partial charge in [-0.2, -0.15) is 0 Å².